The minimum Gasteiger partial charge on any atom is -0.482 e. The Balaban J connectivity index is 1.87. The van der Waals surface area contributed by atoms with E-state index >= 15 is 0 Å². The maximum absolute atomic E-state index is 11.9. The van der Waals surface area contributed by atoms with Crippen molar-refractivity contribution in [1.29, 1.82) is 0 Å². The van der Waals surface area contributed by atoms with Crippen LogP contribution in [0.2, 0.25) is 5.02 Å². The Kier molecular flexibility index (Phi) is 5.06. The Morgan fingerprint density at radius 3 is 2.57 bits per heavy atom. The Labute approximate surface area is 128 Å². The molecular weight excluding hydrogens is 288 g/mol. The van der Waals surface area contributed by atoms with Crippen molar-refractivity contribution >= 4 is 23.2 Å². The molecule has 1 atom stereocenters. The second kappa shape index (κ2) is 6.99. The normalized spacial score (nSPS) is 11.7. The largest absolute Gasteiger partial charge is 0.482 e. The molecular formula is C16H17ClN2O2. The molecule has 0 aromatic heterocycles. The maximum Gasteiger partial charge on any atom is 0.258 e. The molecule has 2 rings (SSSR count). The number of halogens is 1. The average Bonchev–Trinajstić information content (AvgIpc) is 2.47. The van der Waals surface area contributed by atoms with Crippen LogP contribution in [-0.4, -0.2) is 12.5 Å². The summed E-state index contributed by atoms with van der Waals surface area (Å²) in [5.41, 5.74) is 7.23. The van der Waals surface area contributed by atoms with Crippen LogP contribution in [0, 0.1) is 0 Å². The summed E-state index contributed by atoms with van der Waals surface area (Å²) in [6.45, 7) is 1.82. The molecule has 3 N–H and O–H groups in total. The van der Waals surface area contributed by atoms with Crippen LogP contribution in [0.5, 0.6) is 5.75 Å². The summed E-state index contributed by atoms with van der Waals surface area (Å²) in [6.07, 6.45) is 0. The molecule has 0 saturated carbocycles. The van der Waals surface area contributed by atoms with Gasteiger partial charge in [-0.3, -0.25) is 4.79 Å². The number of amides is 1. The van der Waals surface area contributed by atoms with Gasteiger partial charge in [0.05, 0.1) is 11.7 Å². The number of nitrogens with two attached hydrogens (primary N) is 1. The van der Waals surface area contributed by atoms with Crippen molar-refractivity contribution in [2.75, 3.05) is 12.3 Å². The number of ether oxygens (including phenoxy) is 1. The number of carbonyl (C=O) groups excluding carboxylic acids is 1. The van der Waals surface area contributed by atoms with E-state index in [2.05, 4.69) is 5.32 Å². The molecule has 0 spiro atoms. The first-order valence-corrected chi connectivity index (χ1v) is 6.96. The van der Waals surface area contributed by atoms with Crippen molar-refractivity contribution in [1.82, 2.24) is 5.32 Å². The SMILES string of the molecule is CC(NC(=O)COc1ccccc1N)c1ccc(Cl)cc1. The van der Waals surface area contributed by atoms with E-state index in [1.54, 1.807) is 30.3 Å². The highest BCUT2D eigenvalue weighted by molar-refractivity contribution is 6.30. The van der Waals surface area contributed by atoms with Crippen LogP contribution in [0.4, 0.5) is 5.69 Å². The molecule has 5 heteroatoms. The predicted octanol–water partition coefficient (Wildman–Crippen LogP) is 3.18. The fraction of sp³-hybridized carbons (Fsp3) is 0.188. The zero-order chi connectivity index (χ0) is 15.2. The highest BCUT2D eigenvalue weighted by Crippen LogP contribution is 2.20. The third kappa shape index (κ3) is 4.39. The van der Waals surface area contributed by atoms with Crippen LogP contribution in [0.15, 0.2) is 48.5 Å². The molecule has 4 nitrogen and oxygen atoms in total. The van der Waals surface area contributed by atoms with Crippen LogP contribution in [0.25, 0.3) is 0 Å². The summed E-state index contributed by atoms with van der Waals surface area (Å²) in [5, 5.41) is 3.52. The van der Waals surface area contributed by atoms with Crippen LogP contribution in [0.1, 0.15) is 18.5 Å². The molecule has 0 aliphatic rings. The van der Waals surface area contributed by atoms with Gasteiger partial charge in [-0.25, -0.2) is 0 Å². The number of hydrogen-bond donors (Lipinski definition) is 2. The Morgan fingerprint density at radius 1 is 1.24 bits per heavy atom. The van der Waals surface area contributed by atoms with Crippen molar-refractivity contribution in [3.05, 3.63) is 59.1 Å². The summed E-state index contributed by atoms with van der Waals surface area (Å²) >= 11 is 5.84. The van der Waals surface area contributed by atoms with Gasteiger partial charge in [-0.15, -0.1) is 0 Å². The van der Waals surface area contributed by atoms with Crippen molar-refractivity contribution in [3.8, 4) is 5.75 Å². The van der Waals surface area contributed by atoms with E-state index in [0.717, 1.165) is 5.56 Å². The smallest absolute Gasteiger partial charge is 0.258 e. The summed E-state index contributed by atoms with van der Waals surface area (Å²) in [7, 11) is 0. The first-order chi connectivity index (χ1) is 10.1. The van der Waals surface area contributed by atoms with E-state index in [1.165, 1.54) is 0 Å². The second-order valence-electron chi connectivity index (χ2n) is 4.67. The van der Waals surface area contributed by atoms with Gasteiger partial charge in [0.15, 0.2) is 6.61 Å². The molecule has 0 radical (unpaired) electrons. The lowest BCUT2D eigenvalue weighted by molar-refractivity contribution is -0.123. The third-order valence-electron chi connectivity index (χ3n) is 3.03. The van der Waals surface area contributed by atoms with E-state index in [-0.39, 0.29) is 18.6 Å². The molecule has 1 amide bonds. The maximum atomic E-state index is 11.9. The van der Waals surface area contributed by atoms with Gasteiger partial charge < -0.3 is 15.8 Å². The lowest BCUT2D eigenvalue weighted by Crippen LogP contribution is -2.31. The van der Waals surface area contributed by atoms with Crippen LogP contribution in [0.3, 0.4) is 0 Å². The van der Waals surface area contributed by atoms with E-state index in [9.17, 15) is 4.79 Å². The number of nitrogen functional groups attached to an aromatic ring is 1. The van der Waals surface area contributed by atoms with E-state index in [1.807, 2.05) is 25.1 Å². The zero-order valence-corrected chi connectivity index (χ0v) is 12.4. The van der Waals surface area contributed by atoms with Crippen LogP contribution >= 0.6 is 11.6 Å². The molecule has 0 saturated heterocycles. The number of benzene rings is 2. The van der Waals surface area contributed by atoms with Gasteiger partial charge in [-0.2, -0.15) is 0 Å². The highest BCUT2D eigenvalue weighted by atomic mass is 35.5. The fourth-order valence-electron chi connectivity index (χ4n) is 1.87. The number of rotatable bonds is 5. The van der Waals surface area contributed by atoms with Gasteiger partial charge >= 0.3 is 0 Å². The molecule has 21 heavy (non-hydrogen) atoms. The molecule has 1 unspecified atom stereocenters. The van der Waals surface area contributed by atoms with Gasteiger partial charge in [-0.05, 0) is 36.8 Å². The van der Waals surface area contributed by atoms with Crippen LogP contribution in [-0.2, 0) is 4.79 Å². The standard InChI is InChI=1S/C16H17ClN2O2/c1-11(12-6-8-13(17)9-7-12)19-16(20)10-21-15-5-3-2-4-14(15)18/h2-9,11H,10,18H2,1H3,(H,19,20). The lowest BCUT2D eigenvalue weighted by Gasteiger charge is -2.15. The minimum absolute atomic E-state index is 0.0772. The summed E-state index contributed by atoms with van der Waals surface area (Å²) < 4.78 is 5.40. The predicted molar refractivity (Wildman–Crippen MR) is 84.4 cm³/mol. The number of carbonyl (C=O) groups is 1. The monoisotopic (exact) mass is 304 g/mol. The Morgan fingerprint density at radius 2 is 1.90 bits per heavy atom. The average molecular weight is 305 g/mol. The molecule has 0 aliphatic carbocycles. The molecule has 2 aromatic carbocycles. The van der Waals surface area contributed by atoms with E-state index in [0.29, 0.717) is 16.5 Å². The number of nitrogens with one attached hydrogen (secondary N) is 1. The number of para-hydroxylation sites is 2. The van der Waals surface area contributed by atoms with Crippen molar-refractivity contribution in [3.63, 3.8) is 0 Å². The molecule has 110 valence electrons. The number of hydrogen-bond acceptors (Lipinski definition) is 3. The Bertz CT molecular complexity index is 614. The van der Waals surface area contributed by atoms with Crippen molar-refractivity contribution in [2.45, 2.75) is 13.0 Å². The topological polar surface area (TPSA) is 64.3 Å². The van der Waals surface area contributed by atoms with Gasteiger partial charge in [0.2, 0.25) is 0 Å². The molecule has 0 bridgehead atoms. The van der Waals surface area contributed by atoms with Gasteiger partial charge in [-0.1, -0.05) is 35.9 Å². The van der Waals surface area contributed by atoms with Gasteiger partial charge in [0.1, 0.15) is 5.75 Å². The third-order valence-corrected chi connectivity index (χ3v) is 3.28. The summed E-state index contributed by atoms with van der Waals surface area (Å²) in [6, 6.07) is 14.3. The fourth-order valence-corrected chi connectivity index (χ4v) is 2.00. The molecule has 0 fully saturated rings. The quantitative estimate of drug-likeness (QED) is 0.834. The second-order valence-corrected chi connectivity index (χ2v) is 5.10. The van der Waals surface area contributed by atoms with Gasteiger partial charge in [0.25, 0.3) is 5.91 Å². The molecule has 2 aromatic rings. The van der Waals surface area contributed by atoms with E-state index in [4.69, 9.17) is 22.1 Å². The molecule has 0 aliphatic heterocycles. The summed E-state index contributed by atoms with van der Waals surface area (Å²) in [5.74, 6) is 0.299. The Hall–Kier alpha value is -2.20. The van der Waals surface area contributed by atoms with Crippen molar-refractivity contribution in [2.24, 2.45) is 0 Å². The number of anilines is 1. The summed E-state index contributed by atoms with van der Waals surface area (Å²) in [4.78, 5) is 11.9. The first-order valence-electron chi connectivity index (χ1n) is 6.58. The van der Waals surface area contributed by atoms with Crippen molar-refractivity contribution < 1.29 is 9.53 Å². The zero-order valence-electron chi connectivity index (χ0n) is 11.7. The van der Waals surface area contributed by atoms with Gasteiger partial charge in [0, 0.05) is 5.02 Å². The lowest BCUT2D eigenvalue weighted by atomic mass is 10.1. The minimum atomic E-state index is -0.208. The first kappa shape index (κ1) is 15.2. The van der Waals surface area contributed by atoms with Crippen LogP contribution < -0.4 is 15.8 Å². The van der Waals surface area contributed by atoms with E-state index < -0.39 is 0 Å². The highest BCUT2D eigenvalue weighted by Gasteiger charge is 2.10. The molecule has 0 heterocycles.